The van der Waals surface area contributed by atoms with E-state index in [0.29, 0.717) is 19.4 Å². The Hall–Kier alpha value is -1.45. The molecule has 1 aromatic rings. The lowest BCUT2D eigenvalue weighted by Gasteiger charge is -2.32. The molecule has 0 radical (unpaired) electrons. The maximum atomic E-state index is 12.5. The van der Waals surface area contributed by atoms with Crippen LogP contribution in [-0.2, 0) is 28.6 Å². The van der Waals surface area contributed by atoms with E-state index < -0.39 is 22.1 Å². The predicted octanol–water partition coefficient (Wildman–Crippen LogP) is -0.107. The largest absolute Gasteiger partial charge is 0.481 e. The summed E-state index contributed by atoms with van der Waals surface area (Å²) in [5, 5.41) is 13.1. The molecular formula is C12H20N4O4S. The topological polar surface area (TPSA) is 95.7 Å². The predicted molar refractivity (Wildman–Crippen MR) is 75.5 cm³/mol. The van der Waals surface area contributed by atoms with E-state index in [1.54, 1.807) is 24.1 Å². The number of rotatable bonds is 5. The summed E-state index contributed by atoms with van der Waals surface area (Å²) >= 11 is 0. The van der Waals surface area contributed by atoms with Crippen LogP contribution < -0.4 is 0 Å². The van der Waals surface area contributed by atoms with Gasteiger partial charge in [0, 0.05) is 45.5 Å². The zero-order valence-corrected chi connectivity index (χ0v) is 13.0. The quantitative estimate of drug-likeness (QED) is 0.818. The number of aliphatic carboxylic acids is 1. The maximum Gasteiger partial charge on any atom is 0.307 e. The standard InChI is InChI=1S/C12H20N4O4S/c1-14-7-10(6-13-14)8-15(2)21(19,20)16-5-3-4-11(9-16)12(17)18/h6-7,11H,3-5,8-9H2,1-2H3,(H,17,18). The summed E-state index contributed by atoms with van der Waals surface area (Å²) in [6.45, 7) is 0.614. The first-order valence-electron chi connectivity index (χ1n) is 6.72. The molecule has 0 aliphatic carbocycles. The van der Waals surface area contributed by atoms with Gasteiger partial charge in [-0.2, -0.15) is 22.1 Å². The zero-order valence-electron chi connectivity index (χ0n) is 12.1. The molecule has 1 fully saturated rings. The van der Waals surface area contributed by atoms with E-state index in [4.69, 9.17) is 5.11 Å². The molecule has 0 bridgehead atoms. The summed E-state index contributed by atoms with van der Waals surface area (Å²) in [6, 6.07) is 0. The Kier molecular flexibility index (Phi) is 4.64. The lowest BCUT2D eigenvalue weighted by Crippen LogP contribution is -2.47. The second-order valence-electron chi connectivity index (χ2n) is 5.32. The number of aryl methyl sites for hydroxylation is 1. The van der Waals surface area contributed by atoms with E-state index in [0.717, 1.165) is 5.56 Å². The third kappa shape index (κ3) is 3.60. The molecule has 1 aliphatic heterocycles. The number of hydrogen-bond acceptors (Lipinski definition) is 4. The monoisotopic (exact) mass is 316 g/mol. The van der Waals surface area contributed by atoms with Crippen molar-refractivity contribution in [3.05, 3.63) is 18.0 Å². The normalized spacial score (nSPS) is 20.8. The third-order valence-corrected chi connectivity index (χ3v) is 5.52. The van der Waals surface area contributed by atoms with Gasteiger partial charge in [0.15, 0.2) is 0 Å². The molecule has 1 atom stereocenters. The van der Waals surface area contributed by atoms with Gasteiger partial charge in [0.2, 0.25) is 0 Å². The number of carbonyl (C=O) groups is 1. The zero-order chi connectivity index (χ0) is 15.6. The maximum absolute atomic E-state index is 12.5. The molecule has 9 heteroatoms. The lowest BCUT2D eigenvalue weighted by atomic mass is 10.0. The average molecular weight is 316 g/mol. The molecular weight excluding hydrogens is 296 g/mol. The number of hydrogen-bond donors (Lipinski definition) is 1. The van der Waals surface area contributed by atoms with Crippen LogP contribution in [0.2, 0.25) is 0 Å². The summed E-state index contributed by atoms with van der Waals surface area (Å²) < 4.78 is 29.1. The summed E-state index contributed by atoms with van der Waals surface area (Å²) in [4.78, 5) is 11.0. The number of carboxylic acids is 1. The van der Waals surface area contributed by atoms with Gasteiger partial charge in [-0.1, -0.05) is 0 Å². The fraction of sp³-hybridized carbons (Fsp3) is 0.667. The third-order valence-electron chi connectivity index (χ3n) is 3.62. The van der Waals surface area contributed by atoms with Gasteiger partial charge in [-0.25, -0.2) is 0 Å². The Bertz CT molecular complexity index is 613. The Morgan fingerprint density at radius 3 is 2.86 bits per heavy atom. The molecule has 0 aromatic carbocycles. The van der Waals surface area contributed by atoms with Crippen molar-refractivity contribution >= 4 is 16.2 Å². The summed E-state index contributed by atoms with van der Waals surface area (Å²) in [5.74, 6) is -1.56. The Morgan fingerprint density at radius 2 is 2.29 bits per heavy atom. The van der Waals surface area contributed by atoms with Gasteiger partial charge in [0.1, 0.15) is 0 Å². The molecule has 8 nitrogen and oxygen atoms in total. The number of piperidine rings is 1. The average Bonchev–Trinajstić information content (AvgIpc) is 2.84. The molecule has 1 aromatic heterocycles. The minimum absolute atomic E-state index is 0.0368. The fourth-order valence-electron chi connectivity index (χ4n) is 2.44. The van der Waals surface area contributed by atoms with Crippen molar-refractivity contribution in [2.75, 3.05) is 20.1 Å². The Labute approximate surface area is 124 Å². The molecule has 2 rings (SSSR count). The van der Waals surface area contributed by atoms with Gasteiger partial charge in [-0.15, -0.1) is 0 Å². The van der Waals surface area contributed by atoms with Gasteiger partial charge in [0.25, 0.3) is 10.2 Å². The molecule has 0 amide bonds. The first kappa shape index (κ1) is 15.9. The van der Waals surface area contributed by atoms with Crippen molar-refractivity contribution in [1.82, 2.24) is 18.4 Å². The molecule has 0 saturated carbocycles. The summed E-state index contributed by atoms with van der Waals surface area (Å²) in [6.07, 6.45) is 4.45. The van der Waals surface area contributed by atoms with Crippen molar-refractivity contribution in [1.29, 1.82) is 0 Å². The van der Waals surface area contributed by atoms with Gasteiger partial charge in [0.05, 0.1) is 12.1 Å². The highest BCUT2D eigenvalue weighted by Crippen LogP contribution is 2.21. The number of carboxylic acid groups (broad SMARTS) is 1. The second-order valence-corrected chi connectivity index (χ2v) is 7.36. The van der Waals surface area contributed by atoms with E-state index in [2.05, 4.69) is 5.10 Å². The highest BCUT2D eigenvalue weighted by atomic mass is 32.2. The van der Waals surface area contributed by atoms with Gasteiger partial charge in [-0.05, 0) is 12.8 Å². The van der Waals surface area contributed by atoms with Gasteiger partial charge >= 0.3 is 5.97 Å². The first-order valence-corrected chi connectivity index (χ1v) is 8.12. The van der Waals surface area contributed by atoms with Crippen molar-refractivity contribution in [3.8, 4) is 0 Å². The van der Waals surface area contributed by atoms with Crippen LogP contribution in [0.15, 0.2) is 12.4 Å². The smallest absolute Gasteiger partial charge is 0.307 e. The molecule has 21 heavy (non-hydrogen) atoms. The van der Waals surface area contributed by atoms with Crippen LogP contribution in [0.5, 0.6) is 0 Å². The van der Waals surface area contributed by atoms with Crippen molar-refractivity contribution in [2.24, 2.45) is 13.0 Å². The molecule has 1 aliphatic rings. The Balaban J connectivity index is 2.07. The van der Waals surface area contributed by atoms with E-state index in [9.17, 15) is 13.2 Å². The van der Waals surface area contributed by atoms with Crippen molar-refractivity contribution in [3.63, 3.8) is 0 Å². The summed E-state index contributed by atoms with van der Waals surface area (Å²) in [7, 11) is -0.394. The summed E-state index contributed by atoms with van der Waals surface area (Å²) in [5.41, 5.74) is 0.787. The van der Waals surface area contributed by atoms with Crippen molar-refractivity contribution < 1.29 is 18.3 Å². The van der Waals surface area contributed by atoms with Crippen LogP contribution in [0.25, 0.3) is 0 Å². The lowest BCUT2D eigenvalue weighted by molar-refractivity contribution is -0.142. The molecule has 1 saturated heterocycles. The van der Waals surface area contributed by atoms with Gasteiger partial charge < -0.3 is 5.11 Å². The van der Waals surface area contributed by atoms with Crippen LogP contribution >= 0.6 is 0 Å². The van der Waals surface area contributed by atoms with E-state index >= 15 is 0 Å². The molecule has 0 spiro atoms. The second kappa shape index (κ2) is 6.12. The number of aromatic nitrogens is 2. The van der Waals surface area contributed by atoms with Crippen LogP contribution in [0.1, 0.15) is 18.4 Å². The van der Waals surface area contributed by atoms with Gasteiger partial charge in [-0.3, -0.25) is 9.48 Å². The minimum atomic E-state index is -3.65. The Morgan fingerprint density at radius 1 is 1.57 bits per heavy atom. The van der Waals surface area contributed by atoms with Crippen LogP contribution in [0.4, 0.5) is 0 Å². The van der Waals surface area contributed by atoms with E-state index in [-0.39, 0.29) is 13.1 Å². The number of nitrogens with zero attached hydrogens (tertiary/aromatic N) is 4. The first-order chi connectivity index (χ1) is 9.80. The highest BCUT2D eigenvalue weighted by molar-refractivity contribution is 7.86. The minimum Gasteiger partial charge on any atom is -0.481 e. The van der Waals surface area contributed by atoms with Crippen LogP contribution in [0.3, 0.4) is 0 Å². The van der Waals surface area contributed by atoms with Crippen LogP contribution in [-0.4, -0.2) is 58.0 Å². The molecule has 118 valence electrons. The fourth-order valence-corrected chi connectivity index (χ4v) is 3.88. The molecule has 1 unspecified atom stereocenters. The van der Waals surface area contributed by atoms with E-state index in [1.807, 2.05) is 0 Å². The van der Waals surface area contributed by atoms with E-state index in [1.165, 1.54) is 15.7 Å². The highest BCUT2D eigenvalue weighted by Gasteiger charge is 2.34. The molecule has 1 N–H and O–H groups in total. The van der Waals surface area contributed by atoms with Crippen LogP contribution in [0, 0.1) is 5.92 Å². The molecule has 2 heterocycles. The van der Waals surface area contributed by atoms with Crippen molar-refractivity contribution in [2.45, 2.75) is 19.4 Å². The SMILES string of the molecule is CN(Cc1cnn(C)c1)S(=O)(=O)N1CCCC(C(=O)O)C1.